The molecule has 0 saturated carbocycles. The van der Waals surface area contributed by atoms with Gasteiger partial charge in [0.2, 0.25) is 0 Å². The maximum absolute atomic E-state index is 12.2. The van der Waals surface area contributed by atoms with E-state index in [-0.39, 0.29) is 6.04 Å². The molecule has 0 aromatic carbocycles. The van der Waals surface area contributed by atoms with Gasteiger partial charge in [0.05, 0.1) is 0 Å². The quantitative estimate of drug-likeness (QED) is 0.693. The maximum atomic E-state index is 12.2. The number of halogens is 2. The Bertz CT molecular complexity index is 195. The van der Waals surface area contributed by atoms with Gasteiger partial charge in [-0.05, 0) is 25.7 Å². The van der Waals surface area contributed by atoms with E-state index < -0.39 is 12.3 Å². The van der Waals surface area contributed by atoms with Crippen LogP contribution in [0.15, 0.2) is 0 Å². The lowest BCUT2D eigenvalue weighted by Crippen LogP contribution is -2.46. The van der Waals surface area contributed by atoms with E-state index in [1.54, 1.807) is 0 Å². The summed E-state index contributed by atoms with van der Waals surface area (Å²) in [6.07, 6.45) is 1.74. The number of piperidine rings is 1. The average Bonchev–Trinajstić information content (AvgIpc) is 2.18. The molecule has 1 aliphatic rings. The fourth-order valence-electron chi connectivity index (χ4n) is 2.05. The Kier molecular flexibility index (Phi) is 4.29. The molecule has 1 unspecified atom stereocenters. The van der Waals surface area contributed by atoms with Crippen molar-refractivity contribution in [3.8, 4) is 0 Å². The van der Waals surface area contributed by atoms with Crippen molar-refractivity contribution in [1.29, 1.82) is 0 Å². The Morgan fingerprint density at radius 3 is 2.79 bits per heavy atom. The van der Waals surface area contributed by atoms with Gasteiger partial charge in [0, 0.05) is 12.6 Å². The van der Waals surface area contributed by atoms with Crippen LogP contribution in [0.3, 0.4) is 0 Å². The molecule has 0 spiro atoms. The van der Waals surface area contributed by atoms with Gasteiger partial charge >= 0.3 is 6.43 Å². The van der Waals surface area contributed by atoms with E-state index >= 15 is 0 Å². The van der Waals surface area contributed by atoms with Gasteiger partial charge in [-0.2, -0.15) is 8.78 Å². The van der Waals surface area contributed by atoms with Crippen LogP contribution < -0.4 is 0 Å². The van der Waals surface area contributed by atoms with Gasteiger partial charge < -0.3 is 4.90 Å². The molecule has 1 amide bonds. The van der Waals surface area contributed by atoms with Crippen molar-refractivity contribution in [3.63, 3.8) is 0 Å². The molecule has 0 radical (unpaired) electrons. The Balaban J connectivity index is 2.57. The van der Waals surface area contributed by atoms with Crippen molar-refractivity contribution in [3.05, 3.63) is 0 Å². The van der Waals surface area contributed by atoms with Crippen LogP contribution in [0.25, 0.3) is 0 Å². The molecule has 0 N–H and O–H groups in total. The van der Waals surface area contributed by atoms with Gasteiger partial charge in [-0.25, -0.2) is 0 Å². The van der Waals surface area contributed by atoms with E-state index in [1.165, 1.54) is 4.90 Å². The summed E-state index contributed by atoms with van der Waals surface area (Å²) in [7, 11) is 0. The molecular weight excluding hydrogens is 188 g/mol. The monoisotopic (exact) mass is 205 g/mol. The third-order valence-electron chi connectivity index (χ3n) is 2.72. The largest absolute Gasteiger partial charge is 0.335 e. The minimum Gasteiger partial charge on any atom is -0.335 e. The van der Waals surface area contributed by atoms with Gasteiger partial charge in [0.25, 0.3) is 5.91 Å². The highest BCUT2D eigenvalue weighted by atomic mass is 19.3. The van der Waals surface area contributed by atoms with Crippen LogP contribution in [0.2, 0.25) is 0 Å². The number of likely N-dealkylation sites (tertiary alicyclic amines) is 1. The third-order valence-corrected chi connectivity index (χ3v) is 2.72. The number of hydrogen-bond donors (Lipinski definition) is 0. The molecule has 0 aromatic heterocycles. The second kappa shape index (κ2) is 5.27. The van der Waals surface area contributed by atoms with E-state index in [1.807, 2.05) is 6.92 Å². The normalized spacial score (nSPS) is 22.9. The van der Waals surface area contributed by atoms with E-state index in [4.69, 9.17) is 0 Å². The van der Waals surface area contributed by atoms with Crippen molar-refractivity contribution in [2.45, 2.75) is 51.5 Å². The van der Waals surface area contributed by atoms with Crippen LogP contribution in [0.5, 0.6) is 0 Å². The lowest BCUT2D eigenvalue weighted by atomic mass is 9.98. The number of alkyl halides is 2. The topological polar surface area (TPSA) is 20.3 Å². The zero-order valence-electron chi connectivity index (χ0n) is 8.51. The van der Waals surface area contributed by atoms with Crippen molar-refractivity contribution < 1.29 is 13.6 Å². The van der Waals surface area contributed by atoms with Crippen molar-refractivity contribution in [2.75, 3.05) is 6.54 Å². The summed E-state index contributed by atoms with van der Waals surface area (Å²) in [5, 5.41) is 0. The first-order valence-electron chi connectivity index (χ1n) is 5.25. The fraction of sp³-hybridized carbons (Fsp3) is 0.900. The Morgan fingerprint density at radius 1 is 1.50 bits per heavy atom. The first-order chi connectivity index (χ1) is 6.66. The van der Waals surface area contributed by atoms with Gasteiger partial charge in [-0.3, -0.25) is 4.79 Å². The standard InChI is InChI=1S/C10H17F2NO/c1-2-5-8-6-3-4-7-13(8)10(14)9(11)12/h8-9H,2-7H2,1H3. The lowest BCUT2D eigenvalue weighted by molar-refractivity contribution is -0.146. The summed E-state index contributed by atoms with van der Waals surface area (Å²) in [4.78, 5) is 12.5. The zero-order chi connectivity index (χ0) is 10.6. The summed E-state index contributed by atoms with van der Waals surface area (Å²) >= 11 is 0. The molecular formula is C10H17F2NO. The van der Waals surface area contributed by atoms with Gasteiger partial charge in [0.1, 0.15) is 0 Å². The predicted octanol–water partition coefficient (Wildman–Crippen LogP) is 2.43. The van der Waals surface area contributed by atoms with Crippen LogP contribution in [0.4, 0.5) is 8.78 Å². The number of rotatable bonds is 3. The first-order valence-corrected chi connectivity index (χ1v) is 5.25. The second-order valence-corrected chi connectivity index (χ2v) is 3.77. The van der Waals surface area contributed by atoms with Crippen LogP contribution in [0.1, 0.15) is 39.0 Å². The molecule has 0 aliphatic carbocycles. The van der Waals surface area contributed by atoms with Crippen LogP contribution >= 0.6 is 0 Å². The molecule has 1 atom stereocenters. The minimum atomic E-state index is -2.84. The van der Waals surface area contributed by atoms with Crippen molar-refractivity contribution in [1.82, 2.24) is 4.90 Å². The molecule has 0 aromatic rings. The minimum absolute atomic E-state index is 0.0512. The summed E-state index contributed by atoms with van der Waals surface area (Å²) in [5.74, 6) is -0.983. The highest BCUT2D eigenvalue weighted by Crippen LogP contribution is 2.22. The summed E-state index contributed by atoms with van der Waals surface area (Å²) in [6, 6.07) is 0.0512. The Hall–Kier alpha value is -0.670. The molecule has 82 valence electrons. The molecule has 1 fully saturated rings. The van der Waals surface area contributed by atoms with Crippen molar-refractivity contribution >= 4 is 5.91 Å². The van der Waals surface area contributed by atoms with Crippen LogP contribution in [-0.4, -0.2) is 29.8 Å². The SMILES string of the molecule is CCCC1CCCCN1C(=O)C(F)F. The summed E-state index contributed by atoms with van der Waals surface area (Å²) < 4.78 is 24.5. The average molecular weight is 205 g/mol. The molecule has 1 heterocycles. The Labute approximate surface area is 83.3 Å². The predicted molar refractivity (Wildman–Crippen MR) is 50.3 cm³/mol. The maximum Gasteiger partial charge on any atom is 0.315 e. The fourth-order valence-corrected chi connectivity index (χ4v) is 2.05. The van der Waals surface area contributed by atoms with Crippen LogP contribution in [0, 0.1) is 0 Å². The molecule has 1 aliphatic heterocycles. The molecule has 2 nitrogen and oxygen atoms in total. The van der Waals surface area contributed by atoms with E-state index in [2.05, 4.69) is 0 Å². The number of nitrogens with zero attached hydrogens (tertiary/aromatic N) is 1. The second-order valence-electron chi connectivity index (χ2n) is 3.77. The first kappa shape index (κ1) is 11.4. The van der Waals surface area contributed by atoms with Gasteiger partial charge in [-0.15, -0.1) is 0 Å². The van der Waals surface area contributed by atoms with Gasteiger partial charge in [0.15, 0.2) is 0 Å². The molecule has 4 heteroatoms. The summed E-state index contributed by atoms with van der Waals surface area (Å²) in [6.45, 7) is 2.52. The van der Waals surface area contributed by atoms with E-state index in [0.29, 0.717) is 6.54 Å². The number of carbonyl (C=O) groups excluding carboxylic acids is 1. The summed E-state index contributed by atoms with van der Waals surface area (Å²) in [5.41, 5.74) is 0. The highest BCUT2D eigenvalue weighted by molar-refractivity contribution is 5.79. The smallest absolute Gasteiger partial charge is 0.315 e. The Morgan fingerprint density at radius 2 is 2.21 bits per heavy atom. The molecule has 1 saturated heterocycles. The number of amides is 1. The van der Waals surface area contributed by atoms with Gasteiger partial charge in [-0.1, -0.05) is 13.3 Å². The van der Waals surface area contributed by atoms with Crippen molar-refractivity contribution in [2.24, 2.45) is 0 Å². The lowest BCUT2D eigenvalue weighted by Gasteiger charge is -2.35. The zero-order valence-corrected chi connectivity index (χ0v) is 8.51. The number of carbonyl (C=O) groups is 1. The highest BCUT2D eigenvalue weighted by Gasteiger charge is 2.30. The number of hydrogen-bond acceptors (Lipinski definition) is 1. The van der Waals surface area contributed by atoms with Crippen LogP contribution in [-0.2, 0) is 4.79 Å². The molecule has 1 rings (SSSR count). The molecule has 0 bridgehead atoms. The van der Waals surface area contributed by atoms with E-state index in [0.717, 1.165) is 32.1 Å². The third kappa shape index (κ3) is 2.66. The molecule has 14 heavy (non-hydrogen) atoms. The van der Waals surface area contributed by atoms with E-state index in [9.17, 15) is 13.6 Å².